The minimum Gasteiger partial charge on any atom is -0.469 e. The number of rotatable bonds is 8. The van der Waals surface area contributed by atoms with Gasteiger partial charge in [-0.3, -0.25) is 14.2 Å². The molecule has 3 rings (SSSR count). The number of ether oxygens (including phenoxy) is 1. The van der Waals surface area contributed by atoms with Crippen LogP contribution >= 0.6 is 0 Å². The third-order valence-electron chi connectivity index (χ3n) is 4.82. The van der Waals surface area contributed by atoms with Crippen molar-refractivity contribution in [1.29, 1.82) is 0 Å². The van der Waals surface area contributed by atoms with Gasteiger partial charge in [0.2, 0.25) is 5.95 Å². The van der Waals surface area contributed by atoms with Crippen LogP contribution in [0.5, 0.6) is 0 Å². The summed E-state index contributed by atoms with van der Waals surface area (Å²) in [6.45, 7) is 1.87. The Kier molecular flexibility index (Phi) is 6.83. The lowest BCUT2D eigenvalue weighted by Crippen LogP contribution is -2.43. The number of aryl methyl sites for hydroxylation is 1. The third-order valence-corrected chi connectivity index (χ3v) is 4.82. The maximum atomic E-state index is 13.2. The summed E-state index contributed by atoms with van der Waals surface area (Å²) in [5, 5.41) is 2.89. The molecular formula is C22H23N5O5. The number of nitrogens with zero attached hydrogens (tertiary/aromatic N) is 3. The number of benzene rings is 2. The SMILES string of the molecule is COC(=O)CCn1c(=O)nc(Nc2ccccc2C(N)=O)n(Cc2ccc(C)cc2)c1=O. The number of nitrogens with one attached hydrogen (secondary N) is 1. The number of hydrogen-bond donors (Lipinski definition) is 2. The number of carbonyl (C=O) groups is 2. The molecule has 0 saturated heterocycles. The summed E-state index contributed by atoms with van der Waals surface area (Å²) < 4.78 is 6.72. The van der Waals surface area contributed by atoms with E-state index >= 15 is 0 Å². The highest BCUT2D eigenvalue weighted by molar-refractivity contribution is 5.98. The Balaban J connectivity index is 2.10. The molecule has 3 N–H and O–H groups in total. The molecule has 0 atom stereocenters. The summed E-state index contributed by atoms with van der Waals surface area (Å²) in [6, 6.07) is 13.9. The van der Waals surface area contributed by atoms with E-state index in [-0.39, 0.29) is 31.0 Å². The van der Waals surface area contributed by atoms with E-state index in [1.54, 1.807) is 18.2 Å². The quantitative estimate of drug-likeness (QED) is 0.504. The van der Waals surface area contributed by atoms with Crippen molar-refractivity contribution in [2.24, 2.45) is 5.73 Å². The van der Waals surface area contributed by atoms with Gasteiger partial charge in [0, 0.05) is 6.54 Å². The predicted octanol–water partition coefficient (Wildman–Crippen LogP) is 1.17. The second-order valence-corrected chi connectivity index (χ2v) is 7.08. The van der Waals surface area contributed by atoms with Gasteiger partial charge in [0.15, 0.2) is 0 Å². The van der Waals surface area contributed by atoms with E-state index in [1.165, 1.54) is 17.7 Å². The largest absolute Gasteiger partial charge is 0.469 e. The van der Waals surface area contributed by atoms with Gasteiger partial charge in [-0.25, -0.2) is 14.2 Å². The maximum Gasteiger partial charge on any atom is 0.354 e. The first-order valence-electron chi connectivity index (χ1n) is 9.80. The van der Waals surface area contributed by atoms with Crippen LogP contribution in [-0.2, 0) is 22.6 Å². The second kappa shape index (κ2) is 9.73. The molecular weight excluding hydrogens is 414 g/mol. The van der Waals surface area contributed by atoms with Gasteiger partial charge in [0.1, 0.15) is 0 Å². The number of amides is 1. The van der Waals surface area contributed by atoms with Crippen LogP contribution in [0.2, 0.25) is 0 Å². The van der Waals surface area contributed by atoms with Gasteiger partial charge in [-0.2, -0.15) is 4.98 Å². The average molecular weight is 437 g/mol. The van der Waals surface area contributed by atoms with Gasteiger partial charge in [-0.05, 0) is 24.6 Å². The summed E-state index contributed by atoms with van der Waals surface area (Å²) in [7, 11) is 1.22. The Hall–Kier alpha value is -4.21. The smallest absolute Gasteiger partial charge is 0.354 e. The van der Waals surface area contributed by atoms with Crippen molar-refractivity contribution in [3.05, 3.63) is 86.2 Å². The molecule has 0 bridgehead atoms. The first-order valence-corrected chi connectivity index (χ1v) is 9.80. The molecule has 3 aromatic rings. The number of para-hydroxylation sites is 1. The zero-order valence-corrected chi connectivity index (χ0v) is 17.7. The van der Waals surface area contributed by atoms with Crippen molar-refractivity contribution in [2.75, 3.05) is 12.4 Å². The van der Waals surface area contributed by atoms with Crippen molar-refractivity contribution >= 4 is 23.5 Å². The topological polar surface area (TPSA) is 138 Å². The maximum absolute atomic E-state index is 13.2. The Morgan fingerprint density at radius 2 is 1.75 bits per heavy atom. The lowest BCUT2D eigenvalue weighted by Gasteiger charge is -2.16. The molecule has 0 saturated carbocycles. The van der Waals surface area contributed by atoms with E-state index in [4.69, 9.17) is 5.73 Å². The van der Waals surface area contributed by atoms with Gasteiger partial charge in [-0.15, -0.1) is 0 Å². The fourth-order valence-corrected chi connectivity index (χ4v) is 3.07. The fourth-order valence-electron chi connectivity index (χ4n) is 3.07. The highest BCUT2D eigenvalue weighted by Gasteiger charge is 2.17. The number of anilines is 2. The number of hydrogen-bond acceptors (Lipinski definition) is 7. The third kappa shape index (κ3) is 5.09. The number of carbonyl (C=O) groups excluding carboxylic acids is 2. The lowest BCUT2D eigenvalue weighted by atomic mass is 10.1. The fraction of sp³-hybridized carbons (Fsp3) is 0.227. The van der Waals surface area contributed by atoms with Gasteiger partial charge in [0.25, 0.3) is 5.91 Å². The molecule has 10 nitrogen and oxygen atoms in total. The standard InChI is InChI=1S/C22H23N5O5/c1-14-7-9-15(10-8-14)13-27-20(24-17-6-4-3-5-16(17)19(23)29)25-21(30)26(22(27)31)12-11-18(28)32-2/h3-10H,11-13H2,1-2H3,(H2,23,29)(H,24,25,30). The van der Waals surface area contributed by atoms with E-state index in [1.807, 2.05) is 31.2 Å². The highest BCUT2D eigenvalue weighted by atomic mass is 16.5. The first-order chi connectivity index (χ1) is 15.3. The van der Waals surface area contributed by atoms with E-state index in [0.717, 1.165) is 15.7 Å². The summed E-state index contributed by atoms with van der Waals surface area (Å²) in [5.41, 5.74) is 6.27. The summed E-state index contributed by atoms with van der Waals surface area (Å²) in [4.78, 5) is 53.0. The van der Waals surface area contributed by atoms with Crippen LogP contribution in [0.3, 0.4) is 0 Å². The van der Waals surface area contributed by atoms with Crippen molar-refractivity contribution in [3.8, 4) is 0 Å². The van der Waals surface area contributed by atoms with E-state index < -0.39 is 23.3 Å². The summed E-state index contributed by atoms with van der Waals surface area (Å²) in [6.07, 6.45) is -0.158. The van der Waals surface area contributed by atoms with Crippen LogP contribution in [0.25, 0.3) is 0 Å². The van der Waals surface area contributed by atoms with Crippen molar-refractivity contribution in [1.82, 2.24) is 14.1 Å². The molecule has 0 aliphatic heterocycles. The second-order valence-electron chi connectivity index (χ2n) is 7.08. The molecule has 0 aliphatic rings. The van der Waals surface area contributed by atoms with Crippen LogP contribution in [-0.4, -0.2) is 33.1 Å². The molecule has 32 heavy (non-hydrogen) atoms. The molecule has 0 radical (unpaired) electrons. The van der Waals surface area contributed by atoms with Gasteiger partial charge < -0.3 is 15.8 Å². The molecule has 1 heterocycles. The van der Waals surface area contributed by atoms with Crippen LogP contribution in [0.1, 0.15) is 27.9 Å². The van der Waals surface area contributed by atoms with E-state index in [0.29, 0.717) is 5.69 Å². The minimum absolute atomic E-state index is 0.0522. The Morgan fingerprint density at radius 1 is 1.06 bits per heavy atom. The number of primary amides is 1. The zero-order valence-electron chi connectivity index (χ0n) is 17.7. The highest BCUT2D eigenvalue weighted by Crippen LogP contribution is 2.19. The van der Waals surface area contributed by atoms with Crippen LogP contribution in [0.15, 0.2) is 58.1 Å². The van der Waals surface area contributed by atoms with Gasteiger partial charge in [0.05, 0.1) is 31.3 Å². The number of methoxy groups -OCH3 is 1. The lowest BCUT2D eigenvalue weighted by molar-refractivity contribution is -0.140. The first kappa shape index (κ1) is 22.5. The van der Waals surface area contributed by atoms with Gasteiger partial charge in [-0.1, -0.05) is 42.0 Å². The normalized spacial score (nSPS) is 10.6. The van der Waals surface area contributed by atoms with Crippen molar-refractivity contribution < 1.29 is 14.3 Å². The van der Waals surface area contributed by atoms with Crippen molar-refractivity contribution in [3.63, 3.8) is 0 Å². The zero-order chi connectivity index (χ0) is 23.3. The molecule has 0 spiro atoms. The molecule has 1 aromatic heterocycles. The molecule has 10 heteroatoms. The van der Waals surface area contributed by atoms with Crippen LogP contribution in [0.4, 0.5) is 11.6 Å². The minimum atomic E-state index is -0.835. The molecule has 1 amide bonds. The molecule has 0 fully saturated rings. The predicted molar refractivity (Wildman–Crippen MR) is 118 cm³/mol. The Morgan fingerprint density at radius 3 is 2.41 bits per heavy atom. The van der Waals surface area contributed by atoms with Crippen LogP contribution in [0, 0.1) is 6.92 Å². The number of esters is 1. The Labute approximate surface area is 183 Å². The summed E-state index contributed by atoms with van der Waals surface area (Å²) in [5.74, 6) is -1.28. The van der Waals surface area contributed by atoms with E-state index in [2.05, 4.69) is 15.0 Å². The molecule has 166 valence electrons. The monoisotopic (exact) mass is 437 g/mol. The molecule has 0 aliphatic carbocycles. The van der Waals surface area contributed by atoms with E-state index in [9.17, 15) is 19.2 Å². The Bertz CT molecular complexity index is 1260. The van der Waals surface area contributed by atoms with Crippen molar-refractivity contribution in [2.45, 2.75) is 26.4 Å². The average Bonchev–Trinajstić information content (AvgIpc) is 2.77. The molecule has 0 unspecified atom stereocenters. The van der Waals surface area contributed by atoms with Crippen LogP contribution < -0.4 is 22.4 Å². The number of aromatic nitrogens is 3. The summed E-state index contributed by atoms with van der Waals surface area (Å²) >= 11 is 0. The van der Waals surface area contributed by atoms with Gasteiger partial charge >= 0.3 is 17.3 Å². The number of nitrogens with two attached hydrogens (primary N) is 1. The molecule has 2 aromatic carbocycles.